The molecule has 28 heavy (non-hydrogen) atoms. The lowest BCUT2D eigenvalue weighted by Crippen LogP contribution is -2.22. The van der Waals surface area contributed by atoms with Crippen molar-refractivity contribution >= 4 is 34.0 Å². The van der Waals surface area contributed by atoms with E-state index in [4.69, 9.17) is 4.74 Å². The molecule has 0 fully saturated rings. The van der Waals surface area contributed by atoms with Crippen LogP contribution in [0.25, 0.3) is 0 Å². The zero-order valence-electron chi connectivity index (χ0n) is 15.8. The molecule has 7 heteroatoms. The number of benzene rings is 2. The first-order chi connectivity index (χ1) is 13.4. The van der Waals surface area contributed by atoms with Gasteiger partial charge in [0, 0.05) is 12.3 Å². The van der Waals surface area contributed by atoms with Crippen molar-refractivity contribution < 1.29 is 19.4 Å². The Kier molecular flexibility index (Phi) is 5.75. The van der Waals surface area contributed by atoms with Crippen molar-refractivity contribution in [2.75, 3.05) is 4.90 Å². The molecule has 0 saturated heterocycles. The fourth-order valence-corrected chi connectivity index (χ4v) is 3.57. The normalized spacial score (nSPS) is 10.5. The van der Waals surface area contributed by atoms with E-state index in [2.05, 4.69) is 4.98 Å². The number of carbonyl (C=O) groups excluding carboxylic acids is 2. The van der Waals surface area contributed by atoms with Crippen molar-refractivity contribution in [3.8, 4) is 5.75 Å². The standard InChI is InChI=1S/C21H20N2O4S/c1-13-6-4-8-17(10-13)23(15(3)24)21-22-16(12-28-21)11-27-20(26)18-9-5-7-14(2)19(18)25/h4-10,12,25H,11H2,1-3H3. The number of rotatable bonds is 5. The lowest BCUT2D eigenvalue weighted by molar-refractivity contribution is -0.115. The Bertz CT molecular complexity index is 1030. The maximum absolute atomic E-state index is 12.2. The van der Waals surface area contributed by atoms with Gasteiger partial charge in [-0.15, -0.1) is 11.3 Å². The predicted molar refractivity (Wildman–Crippen MR) is 108 cm³/mol. The topological polar surface area (TPSA) is 79.7 Å². The minimum atomic E-state index is -0.627. The van der Waals surface area contributed by atoms with Crippen LogP contribution in [0, 0.1) is 13.8 Å². The summed E-state index contributed by atoms with van der Waals surface area (Å²) in [4.78, 5) is 30.3. The molecule has 6 nitrogen and oxygen atoms in total. The number of aromatic hydroxyl groups is 1. The van der Waals surface area contributed by atoms with Gasteiger partial charge >= 0.3 is 5.97 Å². The van der Waals surface area contributed by atoms with Crippen LogP contribution in [0.4, 0.5) is 10.8 Å². The van der Waals surface area contributed by atoms with Crippen LogP contribution in [0.1, 0.15) is 34.1 Å². The molecule has 0 bridgehead atoms. The molecule has 0 radical (unpaired) electrons. The lowest BCUT2D eigenvalue weighted by atomic mass is 10.1. The summed E-state index contributed by atoms with van der Waals surface area (Å²) in [6.07, 6.45) is 0. The molecule has 0 aliphatic rings. The smallest absolute Gasteiger partial charge is 0.342 e. The molecule has 1 amide bonds. The van der Waals surface area contributed by atoms with Crippen LogP contribution in [-0.4, -0.2) is 22.0 Å². The van der Waals surface area contributed by atoms with Gasteiger partial charge in [-0.1, -0.05) is 24.3 Å². The van der Waals surface area contributed by atoms with Gasteiger partial charge in [-0.3, -0.25) is 9.69 Å². The van der Waals surface area contributed by atoms with E-state index < -0.39 is 5.97 Å². The summed E-state index contributed by atoms with van der Waals surface area (Å²) in [5.74, 6) is -0.875. The Morgan fingerprint density at radius 1 is 1.18 bits per heavy atom. The van der Waals surface area contributed by atoms with Crippen LogP contribution in [0.2, 0.25) is 0 Å². The zero-order chi connectivity index (χ0) is 20.3. The van der Waals surface area contributed by atoms with E-state index in [0.29, 0.717) is 16.4 Å². The summed E-state index contributed by atoms with van der Waals surface area (Å²) in [6, 6.07) is 12.5. The number of phenols is 1. The minimum Gasteiger partial charge on any atom is -0.507 e. The van der Waals surface area contributed by atoms with Gasteiger partial charge < -0.3 is 9.84 Å². The summed E-state index contributed by atoms with van der Waals surface area (Å²) in [5.41, 5.74) is 3.00. The number of anilines is 2. The van der Waals surface area contributed by atoms with E-state index >= 15 is 0 Å². The van der Waals surface area contributed by atoms with Crippen molar-refractivity contribution in [3.05, 3.63) is 70.2 Å². The van der Waals surface area contributed by atoms with Crippen molar-refractivity contribution in [3.63, 3.8) is 0 Å². The van der Waals surface area contributed by atoms with Gasteiger partial charge in [0.2, 0.25) is 5.91 Å². The van der Waals surface area contributed by atoms with E-state index in [-0.39, 0.29) is 23.8 Å². The third-order valence-electron chi connectivity index (χ3n) is 4.11. The molecule has 1 heterocycles. The van der Waals surface area contributed by atoms with E-state index in [9.17, 15) is 14.7 Å². The van der Waals surface area contributed by atoms with Crippen LogP contribution in [0.15, 0.2) is 47.8 Å². The Hall–Kier alpha value is -3.19. The zero-order valence-corrected chi connectivity index (χ0v) is 16.6. The molecule has 3 aromatic rings. The molecular weight excluding hydrogens is 376 g/mol. The number of phenolic OH excluding ortho intramolecular Hbond substituents is 1. The molecule has 0 unspecified atom stereocenters. The van der Waals surface area contributed by atoms with Crippen molar-refractivity contribution in [1.82, 2.24) is 4.98 Å². The molecule has 144 valence electrons. The Morgan fingerprint density at radius 2 is 1.93 bits per heavy atom. The molecule has 0 saturated carbocycles. The van der Waals surface area contributed by atoms with Crippen molar-refractivity contribution in [2.24, 2.45) is 0 Å². The number of aromatic nitrogens is 1. The lowest BCUT2D eigenvalue weighted by Gasteiger charge is -2.18. The third kappa shape index (κ3) is 4.20. The molecular formula is C21H20N2O4S. The second-order valence-corrected chi connectivity index (χ2v) is 7.20. The highest BCUT2D eigenvalue weighted by Gasteiger charge is 2.19. The molecule has 1 N–H and O–H groups in total. The number of ether oxygens (including phenoxy) is 1. The highest BCUT2D eigenvalue weighted by Crippen LogP contribution is 2.30. The van der Waals surface area contributed by atoms with Gasteiger partial charge in [0.15, 0.2) is 5.13 Å². The Morgan fingerprint density at radius 3 is 2.64 bits per heavy atom. The Labute approximate surface area is 167 Å². The van der Waals surface area contributed by atoms with Gasteiger partial charge in [-0.2, -0.15) is 0 Å². The average Bonchev–Trinajstić information content (AvgIpc) is 3.10. The Balaban J connectivity index is 1.75. The maximum Gasteiger partial charge on any atom is 0.342 e. The largest absolute Gasteiger partial charge is 0.507 e. The van der Waals surface area contributed by atoms with Crippen LogP contribution >= 0.6 is 11.3 Å². The van der Waals surface area contributed by atoms with Gasteiger partial charge in [0.05, 0.1) is 11.4 Å². The SMILES string of the molecule is CC(=O)N(c1cccc(C)c1)c1nc(COC(=O)c2cccc(C)c2O)cs1. The molecule has 2 aromatic carbocycles. The summed E-state index contributed by atoms with van der Waals surface area (Å²) >= 11 is 1.29. The minimum absolute atomic E-state index is 0.0533. The monoisotopic (exact) mass is 396 g/mol. The van der Waals surface area contributed by atoms with Crippen LogP contribution < -0.4 is 4.90 Å². The number of para-hydroxylation sites is 1. The van der Waals surface area contributed by atoms with Crippen molar-refractivity contribution in [1.29, 1.82) is 0 Å². The first-order valence-corrected chi connectivity index (χ1v) is 9.52. The number of thiazole rings is 1. The molecule has 3 rings (SSSR count). The first kappa shape index (κ1) is 19.6. The van der Waals surface area contributed by atoms with Crippen LogP contribution in [0.3, 0.4) is 0 Å². The number of hydrogen-bond acceptors (Lipinski definition) is 6. The summed E-state index contributed by atoms with van der Waals surface area (Å²) in [7, 11) is 0. The number of hydrogen-bond donors (Lipinski definition) is 1. The van der Waals surface area contributed by atoms with Gasteiger partial charge in [-0.05, 0) is 43.2 Å². The van der Waals surface area contributed by atoms with E-state index in [0.717, 1.165) is 11.3 Å². The predicted octanol–water partition coefficient (Wildman–Crippen LogP) is 4.51. The fraction of sp³-hybridized carbons (Fsp3) is 0.190. The van der Waals surface area contributed by atoms with Crippen LogP contribution in [0.5, 0.6) is 5.75 Å². The quantitative estimate of drug-likeness (QED) is 0.642. The number of amides is 1. The van der Waals surface area contributed by atoms with Gasteiger partial charge in [0.25, 0.3) is 0 Å². The second-order valence-electron chi connectivity index (χ2n) is 6.36. The average molecular weight is 396 g/mol. The van der Waals surface area contributed by atoms with E-state index in [1.54, 1.807) is 24.4 Å². The first-order valence-electron chi connectivity index (χ1n) is 8.64. The molecule has 1 aromatic heterocycles. The molecule has 0 atom stereocenters. The fourth-order valence-electron chi connectivity index (χ4n) is 2.70. The number of esters is 1. The summed E-state index contributed by atoms with van der Waals surface area (Å²) < 4.78 is 5.27. The second kappa shape index (κ2) is 8.22. The molecule has 0 aliphatic heterocycles. The summed E-state index contributed by atoms with van der Waals surface area (Å²) in [6.45, 7) is 5.09. The van der Waals surface area contributed by atoms with E-state index in [1.807, 2.05) is 31.2 Å². The van der Waals surface area contributed by atoms with Gasteiger partial charge in [-0.25, -0.2) is 9.78 Å². The highest BCUT2D eigenvalue weighted by molar-refractivity contribution is 7.14. The number of aryl methyl sites for hydroxylation is 2. The molecule has 0 aliphatic carbocycles. The highest BCUT2D eigenvalue weighted by atomic mass is 32.1. The molecule has 0 spiro atoms. The number of nitrogens with zero attached hydrogens (tertiary/aromatic N) is 2. The number of carbonyl (C=O) groups is 2. The maximum atomic E-state index is 12.2. The van der Waals surface area contributed by atoms with E-state index in [1.165, 1.54) is 29.2 Å². The summed E-state index contributed by atoms with van der Waals surface area (Å²) in [5, 5.41) is 12.2. The van der Waals surface area contributed by atoms with Crippen molar-refractivity contribution in [2.45, 2.75) is 27.4 Å². The van der Waals surface area contributed by atoms with Crippen LogP contribution in [-0.2, 0) is 16.1 Å². The van der Waals surface area contributed by atoms with Gasteiger partial charge in [0.1, 0.15) is 17.9 Å². The third-order valence-corrected chi connectivity index (χ3v) is 4.99.